The van der Waals surface area contributed by atoms with Gasteiger partial charge in [0.05, 0.1) is 5.56 Å². The second kappa shape index (κ2) is 8.81. The second-order valence-corrected chi connectivity index (χ2v) is 6.46. The number of amides is 2. The van der Waals surface area contributed by atoms with E-state index in [1.54, 1.807) is 42.4 Å². The van der Waals surface area contributed by atoms with Crippen LogP contribution in [0.4, 0.5) is 17.2 Å². The summed E-state index contributed by atoms with van der Waals surface area (Å²) in [7, 11) is 1.78. The molecule has 0 unspecified atom stereocenters. The number of pyridine rings is 1. The largest absolute Gasteiger partial charge is 0.340 e. The molecule has 0 saturated carbocycles. The van der Waals surface area contributed by atoms with E-state index in [9.17, 15) is 9.59 Å². The van der Waals surface area contributed by atoms with E-state index in [1.165, 1.54) is 6.92 Å². The van der Waals surface area contributed by atoms with Crippen molar-refractivity contribution in [2.24, 2.45) is 0 Å². The molecule has 6 heteroatoms. The van der Waals surface area contributed by atoms with Crippen LogP contribution in [0.5, 0.6) is 0 Å². The Kier molecular flexibility index (Phi) is 6.01. The number of nitrogens with one attached hydrogen (secondary N) is 2. The van der Waals surface area contributed by atoms with Gasteiger partial charge in [0, 0.05) is 38.1 Å². The van der Waals surface area contributed by atoms with E-state index in [-0.39, 0.29) is 11.8 Å². The van der Waals surface area contributed by atoms with Crippen molar-refractivity contribution in [3.8, 4) is 0 Å². The van der Waals surface area contributed by atoms with E-state index < -0.39 is 0 Å². The summed E-state index contributed by atoms with van der Waals surface area (Å²) in [6.45, 7) is 2.01. The Labute approximate surface area is 164 Å². The monoisotopic (exact) mass is 374 g/mol. The van der Waals surface area contributed by atoms with Gasteiger partial charge in [0.15, 0.2) is 0 Å². The molecule has 0 atom stereocenters. The molecular weight excluding hydrogens is 352 g/mol. The van der Waals surface area contributed by atoms with Crippen molar-refractivity contribution in [2.75, 3.05) is 17.7 Å². The van der Waals surface area contributed by atoms with Crippen molar-refractivity contribution in [1.29, 1.82) is 0 Å². The van der Waals surface area contributed by atoms with Crippen molar-refractivity contribution >= 4 is 29.0 Å². The van der Waals surface area contributed by atoms with Gasteiger partial charge in [-0.2, -0.15) is 0 Å². The summed E-state index contributed by atoms with van der Waals surface area (Å²) >= 11 is 0. The Morgan fingerprint density at radius 3 is 2.21 bits per heavy atom. The van der Waals surface area contributed by atoms with Crippen LogP contribution >= 0.6 is 0 Å². The number of anilines is 3. The maximum absolute atomic E-state index is 12.6. The molecule has 2 amide bonds. The molecule has 0 fully saturated rings. The van der Waals surface area contributed by atoms with Crippen LogP contribution in [0, 0.1) is 0 Å². The van der Waals surface area contributed by atoms with Gasteiger partial charge in [-0.25, -0.2) is 4.98 Å². The van der Waals surface area contributed by atoms with Crippen LogP contribution in [0.25, 0.3) is 0 Å². The molecule has 6 nitrogen and oxygen atoms in total. The summed E-state index contributed by atoms with van der Waals surface area (Å²) in [5.41, 5.74) is 3.17. The van der Waals surface area contributed by atoms with Crippen LogP contribution in [-0.2, 0) is 11.3 Å². The highest BCUT2D eigenvalue weighted by atomic mass is 16.2. The molecule has 0 aliphatic carbocycles. The first-order valence-corrected chi connectivity index (χ1v) is 8.91. The van der Waals surface area contributed by atoms with Crippen molar-refractivity contribution in [3.63, 3.8) is 0 Å². The third-order valence-electron chi connectivity index (χ3n) is 4.10. The molecule has 0 aliphatic heterocycles. The van der Waals surface area contributed by atoms with E-state index in [4.69, 9.17) is 0 Å². The average Bonchev–Trinajstić information content (AvgIpc) is 2.70. The maximum atomic E-state index is 12.6. The summed E-state index contributed by atoms with van der Waals surface area (Å²) in [4.78, 5) is 29.6. The molecular formula is C22H22N4O2. The van der Waals surface area contributed by atoms with Gasteiger partial charge >= 0.3 is 0 Å². The normalized spacial score (nSPS) is 10.2. The van der Waals surface area contributed by atoms with Crippen LogP contribution in [-0.4, -0.2) is 28.7 Å². The van der Waals surface area contributed by atoms with E-state index in [1.807, 2.05) is 42.5 Å². The van der Waals surface area contributed by atoms with E-state index in [0.29, 0.717) is 17.9 Å². The predicted molar refractivity (Wildman–Crippen MR) is 111 cm³/mol. The highest BCUT2D eigenvalue weighted by Gasteiger charge is 2.12. The zero-order valence-electron chi connectivity index (χ0n) is 15.8. The van der Waals surface area contributed by atoms with E-state index in [2.05, 4.69) is 15.6 Å². The lowest BCUT2D eigenvalue weighted by Gasteiger charge is -2.17. The summed E-state index contributed by atoms with van der Waals surface area (Å²) in [6, 6.07) is 20.7. The quantitative estimate of drug-likeness (QED) is 0.682. The van der Waals surface area contributed by atoms with Crippen LogP contribution in [0.1, 0.15) is 22.8 Å². The predicted octanol–water partition coefficient (Wildman–Crippen LogP) is 4.06. The molecule has 0 bridgehead atoms. The average molecular weight is 374 g/mol. The topological polar surface area (TPSA) is 74.3 Å². The lowest BCUT2D eigenvalue weighted by atomic mass is 10.2. The second-order valence-electron chi connectivity index (χ2n) is 6.46. The molecule has 0 saturated heterocycles. The molecule has 28 heavy (non-hydrogen) atoms. The Balaban J connectivity index is 1.61. The first-order valence-electron chi connectivity index (χ1n) is 8.91. The van der Waals surface area contributed by atoms with Gasteiger partial charge in [0.25, 0.3) is 5.91 Å². The summed E-state index contributed by atoms with van der Waals surface area (Å²) < 4.78 is 0. The van der Waals surface area contributed by atoms with E-state index >= 15 is 0 Å². The Morgan fingerprint density at radius 1 is 0.929 bits per heavy atom. The molecule has 3 rings (SSSR count). The molecule has 2 aromatic carbocycles. The number of carbonyl (C=O) groups is 2. The minimum atomic E-state index is -0.111. The Morgan fingerprint density at radius 2 is 1.61 bits per heavy atom. The minimum Gasteiger partial charge on any atom is -0.340 e. The number of hydrogen-bond acceptors (Lipinski definition) is 4. The smallest absolute Gasteiger partial charge is 0.255 e. The van der Waals surface area contributed by atoms with Crippen LogP contribution < -0.4 is 10.6 Å². The number of hydrogen-bond donors (Lipinski definition) is 2. The molecule has 142 valence electrons. The zero-order valence-corrected chi connectivity index (χ0v) is 15.8. The number of benzene rings is 2. The Hall–Kier alpha value is -3.67. The molecule has 0 spiro atoms. The molecule has 1 heterocycles. The fourth-order valence-corrected chi connectivity index (χ4v) is 2.73. The number of carbonyl (C=O) groups excluding carboxylic acids is 2. The molecule has 2 N–H and O–H groups in total. The summed E-state index contributed by atoms with van der Waals surface area (Å²) in [5.74, 6) is 0.442. The third kappa shape index (κ3) is 5.17. The lowest BCUT2D eigenvalue weighted by molar-refractivity contribution is -0.114. The molecule has 0 aliphatic rings. The third-order valence-corrected chi connectivity index (χ3v) is 4.10. The first kappa shape index (κ1) is 19.1. The van der Waals surface area contributed by atoms with Crippen molar-refractivity contribution in [3.05, 3.63) is 84.1 Å². The Bertz CT molecular complexity index is 939. The number of nitrogens with zero attached hydrogens (tertiary/aromatic N) is 2. The standard InChI is InChI=1S/C22H22N4O2/c1-16(27)24-19-9-11-20(12-10-19)25-21-13-8-18(14-23-21)22(28)26(2)15-17-6-4-3-5-7-17/h3-14H,15H2,1-2H3,(H,23,25)(H,24,27). The van der Waals surface area contributed by atoms with Crippen LogP contribution in [0.2, 0.25) is 0 Å². The highest BCUT2D eigenvalue weighted by Crippen LogP contribution is 2.18. The minimum absolute atomic E-state index is 0.0810. The highest BCUT2D eigenvalue weighted by molar-refractivity contribution is 5.94. The fraction of sp³-hybridized carbons (Fsp3) is 0.136. The van der Waals surface area contributed by atoms with Crippen LogP contribution in [0.3, 0.4) is 0 Å². The van der Waals surface area contributed by atoms with Gasteiger partial charge in [-0.05, 0) is 42.0 Å². The zero-order chi connectivity index (χ0) is 19.9. The van der Waals surface area contributed by atoms with Crippen LogP contribution in [0.15, 0.2) is 72.9 Å². The van der Waals surface area contributed by atoms with Crippen molar-refractivity contribution in [2.45, 2.75) is 13.5 Å². The van der Waals surface area contributed by atoms with E-state index in [0.717, 1.165) is 16.9 Å². The van der Waals surface area contributed by atoms with Gasteiger partial charge in [-0.3, -0.25) is 9.59 Å². The van der Waals surface area contributed by atoms with Gasteiger partial charge in [0.2, 0.25) is 5.91 Å². The molecule has 1 aromatic heterocycles. The van der Waals surface area contributed by atoms with Gasteiger partial charge in [-0.1, -0.05) is 30.3 Å². The van der Waals surface area contributed by atoms with Gasteiger partial charge in [-0.15, -0.1) is 0 Å². The number of rotatable bonds is 6. The fourth-order valence-electron chi connectivity index (χ4n) is 2.73. The number of aromatic nitrogens is 1. The summed E-state index contributed by atoms with van der Waals surface area (Å²) in [5, 5.41) is 5.89. The molecule has 0 radical (unpaired) electrons. The lowest BCUT2D eigenvalue weighted by Crippen LogP contribution is -2.26. The SMILES string of the molecule is CC(=O)Nc1ccc(Nc2ccc(C(=O)N(C)Cc3ccccc3)cn2)cc1. The summed E-state index contributed by atoms with van der Waals surface area (Å²) in [6.07, 6.45) is 1.57. The molecule has 3 aromatic rings. The first-order chi connectivity index (χ1) is 13.5. The van der Waals surface area contributed by atoms with Gasteiger partial charge < -0.3 is 15.5 Å². The van der Waals surface area contributed by atoms with Crippen molar-refractivity contribution < 1.29 is 9.59 Å². The van der Waals surface area contributed by atoms with Gasteiger partial charge in [0.1, 0.15) is 5.82 Å². The maximum Gasteiger partial charge on any atom is 0.255 e. The van der Waals surface area contributed by atoms with Crippen molar-refractivity contribution in [1.82, 2.24) is 9.88 Å².